The van der Waals surface area contributed by atoms with Gasteiger partial charge in [0.25, 0.3) is 0 Å². The predicted molar refractivity (Wildman–Crippen MR) is 78.8 cm³/mol. The van der Waals surface area contributed by atoms with Crippen molar-refractivity contribution in [3.05, 3.63) is 45.7 Å². The Balaban J connectivity index is 2.13. The average Bonchev–Trinajstić information content (AvgIpc) is 2.71. The van der Waals surface area contributed by atoms with Crippen LogP contribution in [0.15, 0.2) is 28.7 Å². The lowest BCUT2D eigenvalue weighted by Crippen LogP contribution is -2.08. The van der Waals surface area contributed by atoms with Crippen molar-refractivity contribution in [2.24, 2.45) is 0 Å². The third-order valence-corrected chi connectivity index (χ3v) is 3.56. The zero-order valence-corrected chi connectivity index (χ0v) is 12.6. The van der Waals surface area contributed by atoms with Gasteiger partial charge in [0.05, 0.1) is 17.9 Å². The zero-order valence-electron chi connectivity index (χ0n) is 11.0. The van der Waals surface area contributed by atoms with Gasteiger partial charge in [0, 0.05) is 16.7 Å². The van der Waals surface area contributed by atoms with E-state index in [-0.39, 0.29) is 0 Å². The van der Waals surface area contributed by atoms with Gasteiger partial charge in [-0.1, -0.05) is 6.07 Å². The lowest BCUT2D eigenvalue weighted by atomic mass is 10.2. The molecule has 3 nitrogen and oxygen atoms in total. The number of aromatic nitrogens is 2. The summed E-state index contributed by atoms with van der Waals surface area (Å²) in [6.07, 6.45) is 0. The van der Waals surface area contributed by atoms with Crippen LogP contribution >= 0.6 is 15.9 Å². The van der Waals surface area contributed by atoms with Crippen LogP contribution in [0.1, 0.15) is 23.9 Å². The van der Waals surface area contributed by atoms with E-state index < -0.39 is 0 Å². The first-order chi connectivity index (χ1) is 8.60. The lowest BCUT2D eigenvalue weighted by molar-refractivity contribution is 0.623. The highest BCUT2D eigenvalue weighted by Gasteiger charge is 2.05. The summed E-state index contributed by atoms with van der Waals surface area (Å²) in [5.41, 5.74) is 4.65. The van der Waals surface area contributed by atoms with Crippen molar-refractivity contribution >= 4 is 21.6 Å². The summed E-state index contributed by atoms with van der Waals surface area (Å²) in [6, 6.07) is 8.43. The molecular formula is C14H18BrN3. The third kappa shape index (κ3) is 2.93. The summed E-state index contributed by atoms with van der Waals surface area (Å²) in [6.45, 7) is 7.92. The molecule has 1 N–H and O–H groups in total. The monoisotopic (exact) mass is 307 g/mol. The van der Waals surface area contributed by atoms with Crippen molar-refractivity contribution in [1.29, 1.82) is 0 Å². The fourth-order valence-corrected chi connectivity index (χ4v) is 2.36. The Kier molecular flexibility index (Phi) is 4.07. The van der Waals surface area contributed by atoms with Crippen molar-refractivity contribution in [2.45, 2.75) is 33.9 Å². The molecule has 4 heteroatoms. The molecule has 0 radical (unpaired) electrons. The van der Waals surface area contributed by atoms with E-state index >= 15 is 0 Å². The van der Waals surface area contributed by atoms with Crippen LogP contribution in [0.4, 0.5) is 5.69 Å². The number of halogens is 1. The summed E-state index contributed by atoms with van der Waals surface area (Å²) in [5, 5.41) is 7.90. The highest BCUT2D eigenvalue weighted by molar-refractivity contribution is 9.10. The second kappa shape index (κ2) is 5.57. The Morgan fingerprint density at radius 3 is 2.78 bits per heavy atom. The first-order valence-corrected chi connectivity index (χ1v) is 6.93. The number of rotatable bonds is 4. The molecule has 0 aliphatic rings. The van der Waals surface area contributed by atoms with Gasteiger partial charge in [0.2, 0.25) is 0 Å². The van der Waals surface area contributed by atoms with Gasteiger partial charge < -0.3 is 5.32 Å². The highest BCUT2D eigenvalue weighted by Crippen LogP contribution is 2.24. The molecule has 2 aromatic rings. The van der Waals surface area contributed by atoms with Gasteiger partial charge >= 0.3 is 0 Å². The number of benzene rings is 1. The largest absolute Gasteiger partial charge is 0.378 e. The number of hydrogen-bond acceptors (Lipinski definition) is 2. The molecular weight excluding hydrogens is 290 g/mol. The summed E-state index contributed by atoms with van der Waals surface area (Å²) in [7, 11) is 0. The first kappa shape index (κ1) is 13.1. The van der Waals surface area contributed by atoms with Gasteiger partial charge in [0.1, 0.15) is 0 Å². The Labute approximate surface area is 116 Å². The quantitative estimate of drug-likeness (QED) is 0.928. The number of nitrogens with zero attached hydrogens (tertiary/aromatic N) is 2. The van der Waals surface area contributed by atoms with Crippen LogP contribution in [0.5, 0.6) is 0 Å². The van der Waals surface area contributed by atoms with Crippen LogP contribution in [-0.4, -0.2) is 9.78 Å². The molecule has 0 fully saturated rings. The minimum Gasteiger partial charge on any atom is -0.378 e. The van der Waals surface area contributed by atoms with Gasteiger partial charge in [-0.05, 0) is 60.5 Å². The first-order valence-electron chi connectivity index (χ1n) is 6.13. The molecule has 0 aliphatic carbocycles. The zero-order chi connectivity index (χ0) is 13.1. The van der Waals surface area contributed by atoms with E-state index in [4.69, 9.17) is 0 Å². The Hall–Kier alpha value is -1.29. The van der Waals surface area contributed by atoms with Gasteiger partial charge in [-0.3, -0.25) is 4.68 Å². The molecule has 0 unspecified atom stereocenters. The van der Waals surface area contributed by atoms with Gasteiger partial charge in [0.15, 0.2) is 0 Å². The summed E-state index contributed by atoms with van der Waals surface area (Å²) >= 11 is 3.56. The molecule has 96 valence electrons. The molecule has 0 spiro atoms. The molecule has 0 aliphatic heterocycles. The number of anilines is 1. The van der Waals surface area contributed by atoms with Crippen LogP contribution in [0.25, 0.3) is 0 Å². The van der Waals surface area contributed by atoms with Gasteiger partial charge in [-0.15, -0.1) is 0 Å². The van der Waals surface area contributed by atoms with E-state index in [1.165, 1.54) is 11.3 Å². The maximum absolute atomic E-state index is 4.45. The summed E-state index contributed by atoms with van der Waals surface area (Å²) in [5.74, 6) is 0. The second-order valence-electron chi connectivity index (χ2n) is 4.43. The molecule has 0 atom stereocenters. The highest BCUT2D eigenvalue weighted by atomic mass is 79.9. The lowest BCUT2D eigenvalue weighted by Gasteiger charge is -2.10. The van der Waals surface area contributed by atoms with E-state index in [1.54, 1.807) is 0 Å². The fourth-order valence-electron chi connectivity index (χ4n) is 1.98. The molecule has 1 aromatic carbocycles. The second-order valence-corrected chi connectivity index (χ2v) is 5.28. The Morgan fingerprint density at radius 2 is 2.06 bits per heavy atom. The number of hydrogen-bond donors (Lipinski definition) is 1. The molecule has 1 heterocycles. The van der Waals surface area contributed by atoms with E-state index in [1.807, 2.05) is 11.6 Å². The molecule has 0 bridgehead atoms. The SMILES string of the molecule is CCn1nc(C)cc1CNc1cc(C)ccc1Br. The average molecular weight is 308 g/mol. The minimum atomic E-state index is 0.788. The number of aryl methyl sites for hydroxylation is 3. The standard InChI is InChI=1S/C14H18BrN3/c1-4-18-12(8-11(3)17-18)9-16-14-7-10(2)5-6-13(14)15/h5-8,16H,4,9H2,1-3H3. The van der Waals surface area contributed by atoms with Crippen molar-refractivity contribution in [3.8, 4) is 0 Å². The van der Waals surface area contributed by atoms with Crippen LogP contribution in [0.2, 0.25) is 0 Å². The smallest absolute Gasteiger partial charge is 0.0597 e. The van der Waals surface area contributed by atoms with E-state index in [2.05, 4.69) is 64.5 Å². The van der Waals surface area contributed by atoms with Crippen LogP contribution < -0.4 is 5.32 Å². The topological polar surface area (TPSA) is 29.9 Å². The van der Waals surface area contributed by atoms with Crippen LogP contribution in [0.3, 0.4) is 0 Å². The van der Waals surface area contributed by atoms with E-state index in [9.17, 15) is 0 Å². The molecule has 18 heavy (non-hydrogen) atoms. The van der Waals surface area contributed by atoms with E-state index in [0.29, 0.717) is 0 Å². The molecule has 0 amide bonds. The predicted octanol–water partition coefficient (Wildman–Crippen LogP) is 3.89. The Bertz CT molecular complexity index is 546. The minimum absolute atomic E-state index is 0.788. The van der Waals surface area contributed by atoms with Crippen molar-refractivity contribution in [2.75, 3.05) is 5.32 Å². The van der Waals surface area contributed by atoms with Crippen molar-refractivity contribution in [1.82, 2.24) is 9.78 Å². The van der Waals surface area contributed by atoms with Gasteiger partial charge in [-0.25, -0.2) is 0 Å². The van der Waals surface area contributed by atoms with Gasteiger partial charge in [-0.2, -0.15) is 5.10 Å². The summed E-state index contributed by atoms with van der Waals surface area (Å²) in [4.78, 5) is 0. The normalized spacial score (nSPS) is 10.7. The van der Waals surface area contributed by atoms with Crippen molar-refractivity contribution in [3.63, 3.8) is 0 Å². The molecule has 0 saturated carbocycles. The van der Waals surface area contributed by atoms with Crippen molar-refractivity contribution < 1.29 is 0 Å². The maximum atomic E-state index is 4.45. The van der Waals surface area contributed by atoms with E-state index in [0.717, 1.165) is 28.9 Å². The van der Waals surface area contributed by atoms with Crippen LogP contribution in [0, 0.1) is 13.8 Å². The molecule has 0 saturated heterocycles. The molecule has 2 rings (SSSR count). The molecule has 1 aromatic heterocycles. The summed E-state index contributed by atoms with van der Waals surface area (Å²) < 4.78 is 3.12. The fraction of sp³-hybridized carbons (Fsp3) is 0.357. The number of nitrogens with one attached hydrogen (secondary N) is 1. The van der Waals surface area contributed by atoms with Crippen LogP contribution in [-0.2, 0) is 13.1 Å². The third-order valence-electron chi connectivity index (χ3n) is 2.87. The Morgan fingerprint density at radius 1 is 1.28 bits per heavy atom. The maximum Gasteiger partial charge on any atom is 0.0597 e.